The van der Waals surface area contributed by atoms with E-state index in [2.05, 4.69) is 5.32 Å². The topological polar surface area (TPSA) is 67.9 Å². The van der Waals surface area contributed by atoms with Crippen molar-refractivity contribution in [2.45, 2.75) is 45.3 Å². The Morgan fingerprint density at radius 1 is 1.22 bits per heavy atom. The molecule has 1 aliphatic rings. The number of likely N-dealkylation sites (N-methyl/N-ethyl adjacent to an activating group) is 1. The molecule has 0 radical (unpaired) electrons. The quantitative estimate of drug-likeness (QED) is 0.906. The van der Waals surface area contributed by atoms with Crippen LogP contribution in [0, 0.1) is 0 Å². The van der Waals surface area contributed by atoms with Crippen LogP contribution in [-0.4, -0.2) is 37.3 Å². The highest BCUT2D eigenvalue weighted by atomic mass is 16.6. The summed E-state index contributed by atoms with van der Waals surface area (Å²) in [5.74, 6) is 0.579. The number of nitrogens with one attached hydrogen (secondary N) is 1. The third-order valence-electron chi connectivity index (χ3n) is 3.21. The van der Waals surface area contributed by atoms with Gasteiger partial charge in [-0.3, -0.25) is 4.79 Å². The molecule has 0 atom stereocenters. The molecule has 0 saturated heterocycles. The van der Waals surface area contributed by atoms with Gasteiger partial charge in [0.05, 0.1) is 6.10 Å². The lowest BCUT2D eigenvalue weighted by Gasteiger charge is -2.21. The average molecular weight is 320 g/mol. The summed E-state index contributed by atoms with van der Waals surface area (Å²) in [6.07, 6.45) is 1.96. The van der Waals surface area contributed by atoms with E-state index in [1.807, 2.05) is 24.3 Å². The molecule has 2 amide bonds. The predicted octanol–water partition coefficient (Wildman–Crippen LogP) is 2.72. The summed E-state index contributed by atoms with van der Waals surface area (Å²) >= 11 is 0. The maximum Gasteiger partial charge on any atom is 0.408 e. The predicted molar refractivity (Wildman–Crippen MR) is 87.7 cm³/mol. The fourth-order valence-corrected chi connectivity index (χ4v) is 1.85. The first-order valence-corrected chi connectivity index (χ1v) is 7.75. The van der Waals surface area contributed by atoms with Crippen LogP contribution in [0.25, 0.3) is 0 Å². The molecule has 2 rings (SSSR count). The molecule has 1 aromatic rings. The van der Waals surface area contributed by atoms with Crippen LogP contribution in [0.15, 0.2) is 24.3 Å². The Bertz CT molecular complexity index is 559. The number of anilines is 1. The number of rotatable bonds is 5. The molecule has 0 bridgehead atoms. The number of carbonyl (C=O) groups is 2. The van der Waals surface area contributed by atoms with Crippen molar-refractivity contribution < 1.29 is 19.1 Å². The van der Waals surface area contributed by atoms with Crippen molar-refractivity contribution in [3.63, 3.8) is 0 Å². The minimum Gasteiger partial charge on any atom is -0.490 e. The first kappa shape index (κ1) is 17.1. The third kappa shape index (κ3) is 5.81. The van der Waals surface area contributed by atoms with Gasteiger partial charge >= 0.3 is 6.09 Å². The lowest BCUT2D eigenvalue weighted by molar-refractivity contribution is -0.117. The van der Waals surface area contributed by atoms with E-state index in [1.165, 1.54) is 4.90 Å². The summed E-state index contributed by atoms with van der Waals surface area (Å²) < 4.78 is 10.8. The molecule has 1 fully saturated rings. The van der Waals surface area contributed by atoms with Gasteiger partial charge in [0.1, 0.15) is 17.9 Å². The smallest absolute Gasteiger partial charge is 0.408 e. The third-order valence-corrected chi connectivity index (χ3v) is 3.21. The largest absolute Gasteiger partial charge is 0.490 e. The molecule has 1 saturated carbocycles. The van der Waals surface area contributed by atoms with Gasteiger partial charge in [-0.25, -0.2) is 4.79 Å². The van der Waals surface area contributed by atoms with Crippen molar-refractivity contribution >= 4 is 17.7 Å². The maximum atomic E-state index is 12.1. The van der Waals surface area contributed by atoms with Gasteiger partial charge in [0, 0.05) is 12.7 Å². The fourth-order valence-electron chi connectivity index (χ4n) is 1.85. The Morgan fingerprint density at radius 3 is 2.35 bits per heavy atom. The van der Waals surface area contributed by atoms with Gasteiger partial charge < -0.3 is 19.7 Å². The number of hydrogen-bond acceptors (Lipinski definition) is 4. The van der Waals surface area contributed by atoms with Crippen molar-refractivity contribution in [3.8, 4) is 5.75 Å². The Hall–Kier alpha value is -2.24. The lowest BCUT2D eigenvalue weighted by Crippen LogP contribution is -2.40. The molecule has 126 valence electrons. The van der Waals surface area contributed by atoms with Gasteiger partial charge in [-0.1, -0.05) is 0 Å². The number of benzene rings is 1. The number of ether oxygens (including phenoxy) is 2. The van der Waals surface area contributed by atoms with Crippen molar-refractivity contribution in [3.05, 3.63) is 24.3 Å². The maximum absolute atomic E-state index is 12.1. The van der Waals surface area contributed by atoms with E-state index in [0.29, 0.717) is 6.10 Å². The highest BCUT2D eigenvalue weighted by Gasteiger charge is 2.23. The zero-order valence-corrected chi connectivity index (χ0v) is 14.1. The molecule has 23 heavy (non-hydrogen) atoms. The minimum atomic E-state index is -0.604. The molecule has 0 aromatic heterocycles. The van der Waals surface area contributed by atoms with Crippen molar-refractivity contribution in [2.75, 3.05) is 18.5 Å². The fraction of sp³-hybridized carbons (Fsp3) is 0.529. The summed E-state index contributed by atoms with van der Waals surface area (Å²) in [6, 6.07) is 7.34. The number of amides is 2. The van der Waals surface area contributed by atoms with Crippen LogP contribution in [0.2, 0.25) is 0 Å². The van der Waals surface area contributed by atoms with Crippen LogP contribution >= 0.6 is 0 Å². The monoisotopic (exact) mass is 320 g/mol. The van der Waals surface area contributed by atoms with E-state index in [1.54, 1.807) is 27.8 Å². The zero-order chi connectivity index (χ0) is 17.0. The SMILES string of the molecule is CN(C(=O)CNC(=O)OC(C)(C)C)c1ccc(OC2CC2)cc1. The number of alkyl carbamates (subject to hydrolysis) is 1. The first-order chi connectivity index (χ1) is 10.7. The van der Waals surface area contributed by atoms with Gasteiger partial charge in [-0.05, 0) is 57.9 Å². The molecule has 1 aromatic carbocycles. The Morgan fingerprint density at radius 2 is 1.83 bits per heavy atom. The van der Waals surface area contributed by atoms with E-state index in [4.69, 9.17) is 9.47 Å². The van der Waals surface area contributed by atoms with Gasteiger partial charge in [0.25, 0.3) is 0 Å². The standard InChI is InChI=1S/C17H24N2O4/c1-17(2,3)23-16(21)18-11-15(20)19(4)12-5-7-13(8-6-12)22-14-9-10-14/h5-8,14H,9-11H2,1-4H3,(H,18,21). The first-order valence-electron chi connectivity index (χ1n) is 7.75. The number of hydrogen-bond donors (Lipinski definition) is 1. The van der Waals surface area contributed by atoms with E-state index in [-0.39, 0.29) is 12.5 Å². The summed E-state index contributed by atoms with van der Waals surface area (Å²) in [6.45, 7) is 5.19. The number of nitrogens with zero attached hydrogens (tertiary/aromatic N) is 1. The molecule has 0 spiro atoms. The van der Waals surface area contributed by atoms with Gasteiger partial charge in [0.2, 0.25) is 5.91 Å². The van der Waals surface area contributed by atoms with E-state index < -0.39 is 11.7 Å². The molecular weight excluding hydrogens is 296 g/mol. The highest BCUT2D eigenvalue weighted by Crippen LogP contribution is 2.27. The van der Waals surface area contributed by atoms with Crippen LogP contribution in [0.5, 0.6) is 5.75 Å². The minimum absolute atomic E-state index is 0.119. The average Bonchev–Trinajstić information content (AvgIpc) is 3.27. The van der Waals surface area contributed by atoms with Crippen LogP contribution in [-0.2, 0) is 9.53 Å². The second-order valence-electron chi connectivity index (χ2n) is 6.62. The van der Waals surface area contributed by atoms with Crippen LogP contribution in [0.4, 0.5) is 10.5 Å². The van der Waals surface area contributed by atoms with Crippen molar-refractivity contribution in [1.82, 2.24) is 5.32 Å². The molecule has 6 nitrogen and oxygen atoms in total. The van der Waals surface area contributed by atoms with Crippen molar-refractivity contribution in [1.29, 1.82) is 0 Å². The van der Waals surface area contributed by atoms with Crippen molar-refractivity contribution in [2.24, 2.45) is 0 Å². The normalized spacial score (nSPS) is 14.1. The van der Waals surface area contributed by atoms with Gasteiger partial charge in [-0.2, -0.15) is 0 Å². The molecule has 0 heterocycles. The lowest BCUT2D eigenvalue weighted by atomic mass is 10.2. The molecule has 6 heteroatoms. The van der Waals surface area contributed by atoms with Gasteiger partial charge in [-0.15, -0.1) is 0 Å². The van der Waals surface area contributed by atoms with Gasteiger partial charge in [0.15, 0.2) is 0 Å². The second kappa shape index (κ2) is 6.89. The number of carbonyl (C=O) groups excluding carboxylic acids is 2. The van der Waals surface area contributed by atoms with E-state index in [9.17, 15) is 9.59 Å². The second-order valence-corrected chi connectivity index (χ2v) is 6.62. The summed E-state index contributed by atoms with van der Waals surface area (Å²) in [4.78, 5) is 25.1. The van der Waals surface area contributed by atoms with E-state index >= 15 is 0 Å². The molecule has 1 N–H and O–H groups in total. The molecule has 1 aliphatic carbocycles. The molecule has 0 aliphatic heterocycles. The van der Waals surface area contributed by atoms with Crippen LogP contribution in [0.3, 0.4) is 0 Å². The molecular formula is C17H24N2O4. The summed E-state index contributed by atoms with van der Waals surface area (Å²) in [5.41, 5.74) is 0.153. The highest BCUT2D eigenvalue weighted by molar-refractivity contribution is 5.95. The Labute approximate surface area is 136 Å². The zero-order valence-electron chi connectivity index (χ0n) is 14.1. The molecule has 0 unspecified atom stereocenters. The van der Waals surface area contributed by atoms with Crippen LogP contribution in [0.1, 0.15) is 33.6 Å². The summed E-state index contributed by atoms with van der Waals surface area (Å²) in [7, 11) is 1.66. The Kier molecular flexibility index (Phi) is 5.13. The van der Waals surface area contributed by atoms with Crippen LogP contribution < -0.4 is 15.0 Å². The van der Waals surface area contributed by atoms with E-state index in [0.717, 1.165) is 24.3 Å². The Balaban J connectivity index is 1.82. The summed E-state index contributed by atoms with van der Waals surface area (Å²) in [5, 5.41) is 2.46.